The van der Waals surface area contributed by atoms with Gasteiger partial charge in [-0.1, -0.05) is 0 Å². The molecule has 1 aromatic heterocycles. The van der Waals surface area contributed by atoms with Gasteiger partial charge >= 0.3 is 5.97 Å². The standard InChI is InChI=1S/C9H7F2N3O2/c10-8(11)6-4(2-12)1-5(3-13)14-7(6)9(15)16/h1,8H,3,13H2,(H,15,16). The Labute approximate surface area is 89.1 Å². The zero-order chi connectivity index (χ0) is 12.3. The number of nitriles is 1. The van der Waals surface area contributed by atoms with Crippen LogP contribution in [0.1, 0.15) is 33.7 Å². The molecule has 3 N–H and O–H groups in total. The number of nitrogens with zero attached hydrogens (tertiary/aromatic N) is 2. The Morgan fingerprint density at radius 3 is 2.69 bits per heavy atom. The Balaban J connectivity index is 3.55. The Hall–Kier alpha value is -2.07. The van der Waals surface area contributed by atoms with Gasteiger partial charge in [-0.3, -0.25) is 0 Å². The molecule has 0 aromatic carbocycles. The SMILES string of the molecule is N#Cc1cc(CN)nc(C(=O)O)c1C(F)F. The fraction of sp³-hybridized carbons (Fsp3) is 0.222. The summed E-state index contributed by atoms with van der Waals surface area (Å²) < 4.78 is 25.2. The van der Waals surface area contributed by atoms with Gasteiger partial charge in [-0.25, -0.2) is 18.6 Å². The molecule has 0 aliphatic carbocycles. The lowest BCUT2D eigenvalue weighted by Crippen LogP contribution is -2.12. The first kappa shape index (κ1) is 12.0. The second kappa shape index (κ2) is 4.63. The predicted octanol–water partition coefficient (Wildman–Crippen LogP) is 1.05. The highest BCUT2D eigenvalue weighted by molar-refractivity contribution is 5.88. The summed E-state index contributed by atoms with van der Waals surface area (Å²) in [6, 6.07) is 2.57. The van der Waals surface area contributed by atoms with E-state index in [4.69, 9.17) is 16.1 Å². The van der Waals surface area contributed by atoms with E-state index in [0.29, 0.717) is 0 Å². The van der Waals surface area contributed by atoms with Crippen LogP contribution in [0.4, 0.5) is 8.78 Å². The molecular weight excluding hydrogens is 220 g/mol. The molecule has 0 bridgehead atoms. The van der Waals surface area contributed by atoms with Crippen LogP contribution in [0, 0.1) is 11.3 Å². The van der Waals surface area contributed by atoms with Gasteiger partial charge < -0.3 is 10.8 Å². The molecule has 0 radical (unpaired) electrons. The van der Waals surface area contributed by atoms with Gasteiger partial charge in [0.05, 0.1) is 22.9 Å². The normalized spacial score (nSPS) is 10.2. The minimum atomic E-state index is -3.07. The zero-order valence-electron chi connectivity index (χ0n) is 7.94. The highest BCUT2D eigenvalue weighted by Crippen LogP contribution is 2.26. The van der Waals surface area contributed by atoms with E-state index in [0.717, 1.165) is 6.07 Å². The third-order valence-corrected chi connectivity index (χ3v) is 1.86. The van der Waals surface area contributed by atoms with Crippen LogP contribution in [0.5, 0.6) is 0 Å². The lowest BCUT2D eigenvalue weighted by molar-refractivity contribution is 0.0676. The molecule has 0 unspecified atom stereocenters. The molecule has 0 fully saturated rings. The van der Waals surface area contributed by atoms with Crippen molar-refractivity contribution in [3.8, 4) is 6.07 Å². The van der Waals surface area contributed by atoms with Gasteiger partial charge in [0.15, 0.2) is 5.69 Å². The Morgan fingerprint density at radius 2 is 2.31 bits per heavy atom. The third-order valence-electron chi connectivity index (χ3n) is 1.86. The van der Waals surface area contributed by atoms with Crippen molar-refractivity contribution in [1.29, 1.82) is 5.26 Å². The van der Waals surface area contributed by atoms with Crippen LogP contribution in [0.3, 0.4) is 0 Å². The summed E-state index contributed by atoms with van der Waals surface area (Å²) in [5.41, 5.74) is 3.19. The number of aromatic nitrogens is 1. The quantitative estimate of drug-likeness (QED) is 0.803. The summed E-state index contributed by atoms with van der Waals surface area (Å²) in [6.07, 6.45) is -3.07. The third kappa shape index (κ3) is 2.12. The number of rotatable bonds is 3. The van der Waals surface area contributed by atoms with Crippen molar-refractivity contribution in [3.05, 3.63) is 28.6 Å². The molecule has 16 heavy (non-hydrogen) atoms. The minimum Gasteiger partial charge on any atom is -0.476 e. The molecule has 0 amide bonds. The summed E-state index contributed by atoms with van der Waals surface area (Å²) >= 11 is 0. The Bertz CT molecular complexity index is 469. The maximum atomic E-state index is 12.6. The van der Waals surface area contributed by atoms with Gasteiger partial charge in [0.1, 0.15) is 0 Å². The van der Waals surface area contributed by atoms with Crippen molar-refractivity contribution in [2.45, 2.75) is 13.0 Å². The lowest BCUT2D eigenvalue weighted by Gasteiger charge is -2.08. The first-order valence-electron chi connectivity index (χ1n) is 4.16. The molecule has 0 aliphatic rings. The van der Waals surface area contributed by atoms with Crippen molar-refractivity contribution in [2.24, 2.45) is 5.73 Å². The van der Waals surface area contributed by atoms with Crippen LogP contribution in [-0.2, 0) is 6.54 Å². The smallest absolute Gasteiger partial charge is 0.355 e. The van der Waals surface area contributed by atoms with Crippen LogP contribution < -0.4 is 5.73 Å². The van der Waals surface area contributed by atoms with Crippen molar-refractivity contribution in [2.75, 3.05) is 0 Å². The molecule has 0 saturated heterocycles. The number of nitrogens with two attached hydrogens (primary N) is 1. The van der Waals surface area contributed by atoms with Crippen LogP contribution >= 0.6 is 0 Å². The lowest BCUT2D eigenvalue weighted by atomic mass is 10.1. The zero-order valence-corrected chi connectivity index (χ0v) is 7.94. The second-order valence-corrected chi connectivity index (χ2v) is 2.85. The number of carboxylic acid groups (broad SMARTS) is 1. The topological polar surface area (TPSA) is 100 Å². The summed E-state index contributed by atoms with van der Waals surface area (Å²) in [4.78, 5) is 14.2. The minimum absolute atomic E-state index is 0.0818. The van der Waals surface area contributed by atoms with Crippen molar-refractivity contribution in [1.82, 2.24) is 4.98 Å². The van der Waals surface area contributed by atoms with E-state index < -0.39 is 29.2 Å². The molecule has 1 aromatic rings. The molecule has 5 nitrogen and oxygen atoms in total. The molecule has 0 aliphatic heterocycles. The van der Waals surface area contributed by atoms with Crippen LogP contribution in [-0.4, -0.2) is 16.1 Å². The van der Waals surface area contributed by atoms with E-state index >= 15 is 0 Å². The Morgan fingerprint density at radius 1 is 1.69 bits per heavy atom. The van der Waals surface area contributed by atoms with E-state index in [1.54, 1.807) is 0 Å². The number of carboxylic acids is 1. The van der Waals surface area contributed by atoms with E-state index in [-0.39, 0.29) is 12.2 Å². The van der Waals surface area contributed by atoms with Crippen molar-refractivity contribution in [3.63, 3.8) is 0 Å². The monoisotopic (exact) mass is 227 g/mol. The van der Waals surface area contributed by atoms with Crippen molar-refractivity contribution >= 4 is 5.97 Å². The molecular formula is C9H7F2N3O2. The number of pyridine rings is 1. The van der Waals surface area contributed by atoms with Crippen LogP contribution in [0.25, 0.3) is 0 Å². The summed E-state index contributed by atoms with van der Waals surface area (Å²) in [7, 11) is 0. The number of aromatic carboxylic acids is 1. The van der Waals surface area contributed by atoms with E-state index in [9.17, 15) is 13.6 Å². The summed E-state index contributed by atoms with van der Waals surface area (Å²) in [6.45, 7) is -0.127. The molecule has 1 rings (SSSR count). The van der Waals surface area contributed by atoms with Gasteiger partial charge in [-0.2, -0.15) is 5.26 Å². The molecule has 0 spiro atoms. The number of carbonyl (C=O) groups is 1. The molecule has 0 saturated carbocycles. The number of hydrogen-bond donors (Lipinski definition) is 2. The summed E-state index contributed by atoms with van der Waals surface area (Å²) in [5, 5.41) is 17.4. The van der Waals surface area contributed by atoms with Crippen LogP contribution in [0.15, 0.2) is 6.07 Å². The Kier molecular flexibility index (Phi) is 3.48. The number of hydrogen-bond acceptors (Lipinski definition) is 4. The molecule has 7 heteroatoms. The fourth-order valence-electron chi connectivity index (χ4n) is 1.19. The van der Waals surface area contributed by atoms with Gasteiger partial charge in [-0.15, -0.1) is 0 Å². The average molecular weight is 227 g/mol. The van der Waals surface area contributed by atoms with Gasteiger partial charge in [0.2, 0.25) is 0 Å². The highest BCUT2D eigenvalue weighted by atomic mass is 19.3. The van der Waals surface area contributed by atoms with Gasteiger partial charge in [0, 0.05) is 6.54 Å². The predicted molar refractivity (Wildman–Crippen MR) is 48.8 cm³/mol. The number of halogens is 2. The highest BCUT2D eigenvalue weighted by Gasteiger charge is 2.24. The van der Waals surface area contributed by atoms with Crippen LogP contribution in [0.2, 0.25) is 0 Å². The van der Waals surface area contributed by atoms with E-state index in [1.807, 2.05) is 0 Å². The number of alkyl halides is 2. The van der Waals surface area contributed by atoms with E-state index in [1.165, 1.54) is 6.07 Å². The van der Waals surface area contributed by atoms with Crippen molar-refractivity contribution < 1.29 is 18.7 Å². The maximum Gasteiger partial charge on any atom is 0.355 e. The van der Waals surface area contributed by atoms with Gasteiger partial charge in [0.25, 0.3) is 6.43 Å². The average Bonchev–Trinajstić information content (AvgIpc) is 2.26. The largest absolute Gasteiger partial charge is 0.476 e. The maximum absolute atomic E-state index is 12.6. The van der Waals surface area contributed by atoms with E-state index in [2.05, 4.69) is 4.98 Å². The first-order chi connectivity index (χ1) is 7.51. The molecule has 0 atom stereocenters. The first-order valence-corrected chi connectivity index (χ1v) is 4.16. The molecule has 1 heterocycles. The summed E-state index contributed by atoms with van der Waals surface area (Å²) in [5.74, 6) is -1.61. The van der Waals surface area contributed by atoms with Gasteiger partial charge in [-0.05, 0) is 6.07 Å². The fourth-order valence-corrected chi connectivity index (χ4v) is 1.19. The molecule has 84 valence electrons. The second-order valence-electron chi connectivity index (χ2n) is 2.85.